The molecule has 0 aliphatic heterocycles. The number of ketones is 1. The van der Waals surface area contributed by atoms with E-state index in [0.717, 1.165) is 55.3 Å². The van der Waals surface area contributed by atoms with Gasteiger partial charge < -0.3 is 18.8 Å². The fourth-order valence-electron chi connectivity index (χ4n) is 5.37. The highest BCUT2D eigenvalue weighted by Crippen LogP contribution is 2.25. The fourth-order valence-corrected chi connectivity index (χ4v) is 5.37. The van der Waals surface area contributed by atoms with Crippen molar-refractivity contribution in [3.63, 3.8) is 0 Å². The molecule has 0 bridgehead atoms. The number of ether oxygens (including phenoxy) is 3. The van der Waals surface area contributed by atoms with Gasteiger partial charge in [0.05, 0.1) is 18.8 Å². The van der Waals surface area contributed by atoms with Crippen LogP contribution in [0.1, 0.15) is 90.3 Å². The van der Waals surface area contributed by atoms with Crippen molar-refractivity contribution in [1.29, 1.82) is 0 Å². The summed E-state index contributed by atoms with van der Waals surface area (Å²) in [6.45, 7) is 8.38. The van der Waals surface area contributed by atoms with Gasteiger partial charge in [-0.3, -0.25) is 4.79 Å². The molecule has 7 heteroatoms. The van der Waals surface area contributed by atoms with Crippen molar-refractivity contribution in [1.82, 2.24) is 4.57 Å². The molecule has 1 aromatic heterocycles. The van der Waals surface area contributed by atoms with Crippen LogP contribution in [0.4, 0.5) is 0 Å². The number of hydrogen-bond donors (Lipinski definition) is 0. The molecule has 0 aliphatic rings. The normalized spacial score (nSPS) is 11.1. The summed E-state index contributed by atoms with van der Waals surface area (Å²) in [5.74, 6) is 0.161. The van der Waals surface area contributed by atoms with Gasteiger partial charge >= 0.3 is 11.9 Å². The predicted octanol–water partition coefficient (Wildman–Crippen LogP) is 9.22. The minimum atomic E-state index is -0.477. The molecule has 246 valence electrons. The summed E-state index contributed by atoms with van der Waals surface area (Å²) < 4.78 is 18.6. The Morgan fingerprint density at radius 2 is 1.32 bits per heavy atom. The number of allylic oxidation sites excluding steroid dienone is 1. The summed E-state index contributed by atoms with van der Waals surface area (Å²) in [6.07, 6.45) is 12.1. The maximum absolute atomic E-state index is 12.8. The number of hydrogen-bond acceptors (Lipinski definition) is 6. The van der Waals surface area contributed by atoms with E-state index in [1.165, 1.54) is 18.2 Å². The van der Waals surface area contributed by atoms with Crippen LogP contribution in [0.3, 0.4) is 0 Å². The Kier molecular flexibility index (Phi) is 13.2. The SMILES string of the molecule is C=C(C)C(=O)OCCCCCCCCCCOc1ccc(C(=O)Oc2ccc(C(=O)/C=C/c3c(C)c4ccccc4n3C)cc2)cc1. The Bertz CT molecular complexity index is 1660. The highest BCUT2D eigenvalue weighted by molar-refractivity contribution is 6.07. The van der Waals surface area contributed by atoms with Crippen LogP contribution < -0.4 is 9.47 Å². The van der Waals surface area contributed by atoms with Crippen molar-refractivity contribution in [2.24, 2.45) is 7.05 Å². The number of nitrogens with zero attached hydrogens (tertiary/aromatic N) is 1. The summed E-state index contributed by atoms with van der Waals surface area (Å²) >= 11 is 0. The molecule has 0 amide bonds. The van der Waals surface area contributed by atoms with Gasteiger partial charge in [-0.15, -0.1) is 0 Å². The fraction of sp³-hybridized carbons (Fsp3) is 0.325. The Morgan fingerprint density at radius 1 is 0.745 bits per heavy atom. The standard InChI is InChI=1S/C40H45NO6/c1-29(2)39(43)46-28-14-10-8-6-5-7-9-13-27-45-33-21-19-32(20-22-33)40(44)47-34-23-17-31(18-24-34)38(42)26-25-36-30(3)35-15-11-12-16-37(35)41(36)4/h11-12,15-26H,1,5-10,13-14,27-28H2,2-4H3/b26-25+. The molecule has 7 nitrogen and oxygen atoms in total. The molecule has 0 N–H and O–H groups in total. The monoisotopic (exact) mass is 635 g/mol. The van der Waals surface area contributed by atoms with Crippen LogP contribution >= 0.6 is 0 Å². The number of aromatic nitrogens is 1. The van der Waals surface area contributed by atoms with Crippen LogP contribution in [-0.2, 0) is 16.6 Å². The van der Waals surface area contributed by atoms with Crippen molar-refractivity contribution in [3.05, 3.63) is 113 Å². The average molecular weight is 636 g/mol. The van der Waals surface area contributed by atoms with Crippen LogP contribution in [0.2, 0.25) is 0 Å². The second-order valence-corrected chi connectivity index (χ2v) is 11.8. The number of carbonyl (C=O) groups excluding carboxylic acids is 3. The number of fused-ring (bicyclic) bond motifs is 1. The van der Waals surface area contributed by atoms with E-state index >= 15 is 0 Å². The minimum Gasteiger partial charge on any atom is -0.494 e. The van der Waals surface area contributed by atoms with Crippen molar-refractivity contribution >= 4 is 34.7 Å². The summed E-state index contributed by atoms with van der Waals surface area (Å²) in [6, 6.07) is 21.7. The number of aryl methyl sites for hydroxylation is 2. The smallest absolute Gasteiger partial charge is 0.343 e. The van der Waals surface area contributed by atoms with E-state index in [1.807, 2.05) is 25.3 Å². The van der Waals surface area contributed by atoms with Gasteiger partial charge in [-0.25, -0.2) is 9.59 Å². The van der Waals surface area contributed by atoms with E-state index in [-0.39, 0.29) is 11.8 Å². The third kappa shape index (κ3) is 10.3. The van der Waals surface area contributed by atoms with E-state index < -0.39 is 5.97 Å². The third-order valence-corrected chi connectivity index (χ3v) is 8.14. The lowest BCUT2D eigenvalue weighted by atomic mass is 10.1. The van der Waals surface area contributed by atoms with Crippen LogP contribution in [-0.4, -0.2) is 35.5 Å². The van der Waals surface area contributed by atoms with Crippen molar-refractivity contribution < 1.29 is 28.6 Å². The Morgan fingerprint density at radius 3 is 1.96 bits per heavy atom. The lowest BCUT2D eigenvalue weighted by Crippen LogP contribution is -2.08. The van der Waals surface area contributed by atoms with E-state index in [0.29, 0.717) is 41.4 Å². The number of para-hydroxylation sites is 1. The number of rotatable bonds is 18. The van der Waals surface area contributed by atoms with Crippen LogP contribution in [0.15, 0.2) is 91.0 Å². The van der Waals surface area contributed by atoms with Gasteiger partial charge in [0.15, 0.2) is 5.78 Å². The van der Waals surface area contributed by atoms with E-state index in [4.69, 9.17) is 14.2 Å². The number of unbranched alkanes of at least 4 members (excludes halogenated alkanes) is 7. The first-order chi connectivity index (χ1) is 22.7. The molecular formula is C40H45NO6. The van der Waals surface area contributed by atoms with Gasteiger partial charge in [-0.1, -0.05) is 63.3 Å². The second kappa shape index (κ2) is 17.7. The molecule has 0 unspecified atom stereocenters. The lowest BCUT2D eigenvalue weighted by molar-refractivity contribution is -0.139. The molecule has 0 saturated carbocycles. The zero-order chi connectivity index (χ0) is 33.6. The Labute approximate surface area is 277 Å². The number of esters is 2. The minimum absolute atomic E-state index is 0.129. The van der Waals surface area contributed by atoms with Gasteiger partial charge in [-0.2, -0.15) is 0 Å². The first-order valence-electron chi connectivity index (χ1n) is 16.4. The van der Waals surface area contributed by atoms with E-state index in [9.17, 15) is 14.4 Å². The highest BCUT2D eigenvalue weighted by Gasteiger charge is 2.12. The largest absolute Gasteiger partial charge is 0.494 e. The maximum Gasteiger partial charge on any atom is 0.343 e. The molecule has 0 fully saturated rings. The van der Waals surface area contributed by atoms with Gasteiger partial charge in [0.2, 0.25) is 0 Å². The molecule has 0 spiro atoms. The van der Waals surface area contributed by atoms with Crippen molar-refractivity contribution in [2.45, 2.75) is 65.2 Å². The summed E-state index contributed by atoms with van der Waals surface area (Å²) in [4.78, 5) is 36.9. The highest BCUT2D eigenvalue weighted by atomic mass is 16.5. The molecule has 1 heterocycles. The van der Waals surface area contributed by atoms with Gasteiger partial charge in [0.1, 0.15) is 11.5 Å². The quantitative estimate of drug-likeness (QED) is 0.0356. The molecule has 3 aromatic carbocycles. The average Bonchev–Trinajstić information content (AvgIpc) is 3.32. The van der Waals surface area contributed by atoms with Gasteiger partial charge in [0, 0.05) is 34.8 Å². The maximum atomic E-state index is 12.8. The Hall–Kier alpha value is -4.91. The number of carbonyl (C=O) groups is 3. The van der Waals surface area contributed by atoms with E-state index in [2.05, 4.69) is 30.2 Å². The number of benzene rings is 3. The first kappa shape index (κ1) is 35.0. The van der Waals surface area contributed by atoms with Gasteiger partial charge in [0.25, 0.3) is 0 Å². The molecule has 0 atom stereocenters. The van der Waals surface area contributed by atoms with Crippen LogP contribution in [0.5, 0.6) is 11.5 Å². The second-order valence-electron chi connectivity index (χ2n) is 11.8. The van der Waals surface area contributed by atoms with Crippen LogP contribution in [0.25, 0.3) is 17.0 Å². The van der Waals surface area contributed by atoms with Crippen molar-refractivity contribution in [3.8, 4) is 11.5 Å². The predicted molar refractivity (Wildman–Crippen MR) is 187 cm³/mol. The third-order valence-electron chi connectivity index (χ3n) is 8.14. The summed E-state index contributed by atoms with van der Waals surface area (Å²) in [7, 11) is 1.99. The molecule has 4 aromatic rings. The van der Waals surface area contributed by atoms with Gasteiger partial charge in [-0.05, 0) is 99.0 Å². The molecular weight excluding hydrogens is 590 g/mol. The van der Waals surface area contributed by atoms with Crippen LogP contribution in [0, 0.1) is 6.92 Å². The summed E-state index contributed by atoms with van der Waals surface area (Å²) in [5.41, 5.74) is 4.60. The zero-order valence-corrected chi connectivity index (χ0v) is 27.8. The summed E-state index contributed by atoms with van der Waals surface area (Å²) in [5, 5.41) is 1.17. The first-order valence-corrected chi connectivity index (χ1v) is 16.4. The molecule has 4 rings (SSSR count). The molecule has 0 aliphatic carbocycles. The zero-order valence-electron chi connectivity index (χ0n) is 27.8. The van der Waals surface area contributed by atoms with Crippen molar-refractivity contribution in [2.75, 3.05) is 13.2 Å². The lowest BCUT2D eigenvalue weighted by Gasteiger charge is -2.08. The Balaban J connectivity index is 1.12. The molecule has 47 heavy (non-hydrogen) atoms. The topological polar surface area (TPSA) is 83.8 Å². The van der Waals surface area contributed by atoms with E-state index in [1.54, 1.807) is 61.5 Å². The molecule has 0 saturated heterocycles. The molecule has 0 radical (unpaired) electrons.